The summed E-state index contributed by atoms with van der Waals surface area (Å²) in [5.41, 5.74) is 0. The van der Waals surface area contributed by atoms with E-state index in [0.29, 0.717) is 11.3 Å². The fraction of sp³-hybridized carbons (Fsp3) is 0.600. The van der Waals surface area contributed by atoms with Gasteiger partial charge in [-0.1, -0.05) is 18.3 Å². The lowest BCUT2D eigenvalue weighted by atomic mass is 10.7. The maximum Gasteiger partial charge on any atom is 0.445 e. The van der Waals surface area contributed by atoms with Crippen LogP contribution in [0.3, 0.4) is 0 Å². The molecule has 0 amide bonds. The Morgan fingerprint density at radius 2 is 2.08 bits per heavy atom. The van der Waals surface area contributed by atoms with Crippen molar-refractivity contribution in [2.75, 3.05) is 5.75 Å². The van der Waals surface area contributed by atoms with Gasteiger partial charge in [0, 0.05) is 5.75 Å². The van der Waals surface area contributed by atoms with Gasteiger partial charge in [0.05, 0.1) is 10.8 Å². The zero-order chi connectivity index (χ0) is 10.1. The van der Waals surface area contributed by atoms with Gasteiger partial charge in [-0.05, 0) is 0 Å². The van der Waals surface area contributed by atoms with Gasteiger partial charge in [0.2, 0.25) is 9.35 Å². The number of rotatable bonds is 2. The van der Waals surface area contributed by atoms with Gasteiger partial charge in [0.15, 0.2) is 0 Å². The molecular weight excluding hydrogens is 225 g/mol. The van der Waals surface area contributed by atoms with Gasteiger partial charge in [-0.15, -0.1) is 10.2 Å². The average Bonchev–Trinajstić information content (AvgIpc) is 2.50. The van der Waals surface area contributed by atoms with Crippen LogP contribution in [-0.4, -0.2) is 20.2 Å². The minimum absolute atomic E-state index is 0.0742. The molecule has 0 aliphatic heterocycles. The number of nitrogens with zero attached hydrogens (tertiary/aromatic N) is 2. The molecule has 8 heteroatoms. The molecule has 0 aliphatic carbocycles. The predicted molar refractivity (Wildman–Crippen MR) is 41.9 cm³/mol. The van der Waals surface area contributed by atoms with Crippen LogP contribution in [0.25, 0.3) is 0 Å². The minimum Gasteiger partial charge on any atom is -0.252 e. The molecule has 0 radical (unpaired) electrons. The highest BCUT2D eigenvalue weighted by Crippen LogP contribution is 2.32. The molecule has 74 valence electrons. The molecule has 1 atom stereocenters. The van der Waals surface area contributed by atoms with E-state index in [0.717, 1.165) is 0 Å². The number of alkyl halides is 3. The summed E-state index contributed by atoms with van der Waals surface area (Å²) in [5, 5.41) is 5.06. The van der Waals surface area contributed by atoms with E-state index < -0.39 is 22.0 Å². The van der Waals surface area contributed by atoms with Crippen molar-refractivity contribution in [1.29, 1.82) is 0 Å². The molecule has 13 heavy (non-hydrogen) atoms. The molecule has 0 N–H and O–H groups in total. The van der Waals surface area contributed by atoms with E-state index >= 15 is 0 Å². The molecule has 1 heterocycles. The third kappa shape index (κ3) is 2.47. The molecule has 0 aromatic carbocycles. The first-order valence-corrected chi connectivity index (χ1v) is 5.37. The maximum atomic E-state index is 12.0. The number of aromatic nitrogens is 2. The molecule has 1 aromatic rings. The Bertz CT molecular complexity index is 322. The van der Waals surface area contributed by atoms with Gasteiger partial charge in [0.25, 0.3) is 0 Å². The van der Waals surface area contributed by atoms with Crippen LogP contribution in [0.15, 0.2) is 4.34 Å². The molecule has 0 aliphatic rings. The minimum atomic E-state index is -4.49. The summed E-state index contributed by atoms with van der Waals surface area (Å²) in [6.45, 7) is 1.60. The molecule has 1 unspecified atom stereocenters. The van der Waals surface area contributed by atoms with Crippen molar-refractivity contribution in [3.8, 4) is 0 Å². The van der Waals surface area contributed by atoms with E-state index in [2.05, 4.69) is 10.2 Å². The smallest absolute Gasteiger partial charge is 0.252 e. The monoisotopic (exact) mass is 230 g/mol. The predicted octanol–water partition coefficient (Wildman–Crippen LogP) is 1.68. The standard InChI is InChI=1S/C5H5F3N2OS2/c1-2-13(11)4-10-9-3(12-4)5(6,7)8/h2H2,1H3. The van der Waals surface area contributed by atoms with Crippen molar-refractivity contribution in [1.82, 2.24) is 10.2 Å². The Morgan fingerprint density at radius 3 is 2.46 bits per heavy atom. The first-order valence-electron chi connectivity index (χ1n) is 3.24. The molecule has 1 rings (SSSR count). The molecule has 1 aromatic heterocycles. The van der Waals surface area contributed by atoms with E-state index in [1.807, 2.05) is 0 Å². The van der Waals surface area contributed by atoms with Crippen LogP contribution >= 0.6 is 11.3 Å². The zero-order valence-corrected chi connectivity index (χ0v) is 8.09. The van der Waals surface area contributed by atoms with Crippen LogP contribution < -0.4 is 0 Å². The summed E-state index contributed by atoms with van der Waals surface area (Å²) in [5.74, 6) is 0.243. The maximum absolute atomic E-state index is 12.0. The lowest BCUT2D eigenvalue weighted by Gasteiger charge is -1.97. The summed E-state index contributed by atoms with van der Waals surface area (Å²) in [6, 6.07) is 0. The topological polar surface area (TPSA) is 42.9 Å². The van der Waals surface area contributed by atoms with Gasteiger partial charge >= 0.3 is 6.18 Å². The molecule has 0 saturated heterocycles. The molecule has 0 spiro atoms. The second-order valence-corrected chi connectivity index (χ2v) is 4.90. The molecule has 3 nitrogen and oxygen atoms in total. The summed E-state index contributed by atoms with van der Waals surface area (Å²) in [7, 11) is -1.46. The molecule has 0 fully saturated rings. The lowest BCUT2D eigenvalue weighted by Crippen LogP contribution is -2.03. The Balaban J connectivity index is 2.93. The van der Waals surface area contributed by atoms with Crippen molar-refractivity contribution < 1.29 is 17.4 Å². The van der Waals surface area contributed by atoms with E-state index in [1.54, 1.807) is 6.92 Å². The highest BCUT2D eigenvalue weighted by Gasteiger charge is 2.36. The molecular formula is C5H5F3N2OS2. The van der Waals surface area contributed by atoms with Crippen LogP contribution in [0, 0.1) is 0 Å². The van der Waals surface area contributed by atoms with Crippen LogP contribution in [0.1, 0.15) is 11.9 Å². The Labute approximate surface area is 78.4 Å². The summed E-state index contributed by atoms with van der Waals surface area (Å²) in [6.07, 6.45) is -4.49. The van der Waals surface area contributed by atoms with Gasteiger partial charge in [-0.2, -0.15) is 13.2 Å². The van der Waals surface area contributed by atoms with E-state index in [4.69, 9.17) is 0 Å². The highest BCUT2D eigenvalue weighted by atomic mass is 32.2. The number of halogens is 3. The van der Waals surface area contributed by atoms with Crippen LogP contribution in [0.2, 0.25) is 0 Å². The zero-order valence-electron chi connectivity index (χ0n) is 6.46. The largest absolute Gasteiger partial charge is 0.445 e. The van der Waals surface area contributed by atoms with E-state index in [9.17, 15) is 17.4 Å². The van der Waals surface area contributed by atoms with Crippen LogP contribution in [0.5, 0.6) is 0 Å². The summed E-state index contributed by atoms with van der Waals surface area (Å²) in [4.78, 5) is 0. The summed E-state index contributed by atoms with van der Waals surface area (Å²) < 4.78 is 46.9. The van der Waals surface area contributed by atoms with Gasteiger partial charge in [-0.25, -0.2) is 0 Å². The number of hydrogen-bond donors (Lipinski definition) is 0. The SMILES string of the molecule is CCS(=O)c1nnc(C(F)(F)F)s1. The normalized spacial score (nSPS) is 14.5. The van der Waals surface area contributed by atoms with Crippen LogP contribution in [0.4, 0.5) is 13.2 Å². The second-order valence-electron chi connectivity index (χ2n) is 2.01. The third-order valence-corrected chi connectivity index (χ3v) is 3.67. The number of hydrogen-bond acceptors (Lipinski definition) is 4. The average molecular weight is 230 g/mol. The first kappa shape index (κ1) is 10.6. The Hall–Kier alpha value is -0.500. The van der Waals surface area contributed by atoms with E-state index in [-0.39, 0.29) is 10.1 Å². The van der Waals surface area contributed by atoms with E-state index in [1.165, 1.54) is 0 Å². The van der Waals surface area contributed by atoms with Crippen molar-refractivity contribution in [2.45, 2.75) is 17.4 Å². The first-order chi connectivity index (χ1) is 5.95. The van der Waals surface area contributed by atoms with Crippen molar-refractivity contribution in [3.05, 3.63) is 5.01 Å². The second kappa shape index (κ2) is 3.70. The van der Waals surface area contributed by atoms with Gasteiger partial charge < -0.3 is 0 Å². The van der Waals surface area contributed by atoms with Gasteiger partial charge in [-0.3, -0.25) is 4.21 Å². The fourth-order valence-electron chi connectivity index (χ4n) is 0.540. The van der Waals surface area contributed by atoms with Gasteiger partial charge in [0.1, 0.15) is 0 Å². The Morgan fingerprint density at radius 1 is 1.46 bits per heavy atom. The van der Waals surface area contributed by atoms with Crippen LogP contribution in [-0.2, 0) is 17.0 Å². The fourth-order valence-corrected chi connectivity index (χ4v) is 2.33. The quantitative estimate of drug-likeness (QED) is 0.776. The highest BCUT2D eigenvalue weighted by molar-refractivity contribution is 7.87. The van der Waals surface area contributed by atoms with Crippen molar-refractivity contribution in [3.63, 3.8) is 0 Å². The summed E-state index contributed by atoms with van der Waals surface area (Å²) >= 11 is 0.325. The molecule has 0 saturated carbocycles. The van der Waals surface area contributed by atoms with Crippen molar-refractivity contribution >= 4 is 22.1 Å². The molecule has 0 bridgehead atoms. The van der Waals surface area contributed by atoms with Crippen molar-refractivity contribution in [2.24, 2.45) is 0 Å². The Kier molecular flexibility index (Phi) is 3.01. The third-order valence-electron chi connectivity index (χ3n) is 1.11. The lowest BCUT2D eigenvalue weighted by molar-refractivity contribution is -0.138.